The maximum Gasteiger partial charge on any atom is 0.306 e. The van der Waals surface area contributed by atoms with Crippen LogP contribution in [0.5, 0.6) is 11.5 Å². The summed E-state index contributed by atoms with van der Waals surface area (Å²) in [5, 5.41) is 5.85. The first-order valence-electron chi connectivity index (χ1n) is 10.8. The SMILES string of the molecule is CCc1ccc(NC(=O)COC(=O)CCC(=O)Nc2ccc(Oc3ccccc3Cl)cc2)cc1. The van der Waals surface area contributed by atoms with Gasteiger partial charge in [0.15, 0.2) is 6.61 Å². The van der Waals surface area contributed by atoms with Gasteiger partial charge in [-0.25, -0.2) is 0 Å². The molecule has 176 valence electrons. The van der Waals surface area contributed by atoms with E-state index < -0.39 is 18.5 Å². The summed E-state index contributed by atoms with van der Waals surface area (Å²) < 4.78 is 10.6. The summed E-state index contributed by atoms with van der Waals surface area (Å²) in [5.74, 6) is -0.328. The van der Waals surface area contributed by atoms with Gasteiger partial charge in [-0.3, -0.25) is 14.4 Å². The molecule has 0 aliphatic heterocycles. The molecule has 0 unspecified atom stereocenters. The maximum atomic E-state index is 12.1. The van der Waals surface area contributed by atoms with E-state index >= 15 is 0 Å². The Morgan fingerprint density at radius 2 is 1.41 bits per heavy atom. The number of hydrogen-bond acceptors (Lipinski definition) is 5. The standard InChI is InChI=1S/C26H25ClN2O5/c1-2-18-7-9-19(10-8-18)29-25(31)17-33-26(32)16-15-24(30)28-20-11-13-21(14-12-20)34-23-6-4-3-5-22(23)27/h3-14H,2,15-17H2,1H3,(H,28,30)(H,29,31). The number of nitrogens with one attached hydrogen (secondary N) is 2. The summed E-state index contributed by atoms with van der Waals surface area (Å²) in [6.45, 7) is 1.63. The lowest BCUT2D eigenvalue weighted by Gasteiger charge is -2.09. The van der Waals surface area contributed by atoms with E-state index in [9.17, 15) is 14.4 Å². The number of halogens is 1. The number of para-hydroxylation sites is 1. The number of esters is 1. The number of hydrogen-bond donors (Lipinski definition) is 2. The van der Waals surface area contributed by atoms with Gasteiger partial charge >= 0.3 is 5.97 Å². The molecule has 8 heteroatoms. The van der Waals surface area contributed by atoms with Gasteiger partial charge in [0, 0.05) is 17.8 Å². The second kappa shape index (κ2) is 12.4. The second-order valence-corrected chi connectivity index (χ2v) is 7.77. The van der Waals surface area contributed by atoms with Gasteiger partial charge in [0.25, 0.3) is 5.91 Å². The second-order valence-electron chi connectivity index (χ2n) is 7.36. The fourth-order valence-corrected chi connectivity index (χ4v) is 3.11. The first-order chi connectivity index (χ1) is 16.4. The zero-order valence-electron chi connectivity index (χ0n) is 18.7. The highest BCUT2D eigenvalue weighted by Gasteiger charge is 2.11. The lowest BCUT2D eigenvalue weighted by atomic mass is 10.1. The van der Waals surface area contributed by atoms with E-state index in [-0.39, 0.29) is 18.7 Å². The van der Waals surface area contributed by atoms with Crippen LogP contribution in [0.2, 0.25) is 5.02 Å². The smallest absolute Gasteiger partial charge is 0.306 e. The Morgan fingerprint density at radius 3 is 2.06 bits per heavy atom. The summed E-state index contributed by atoms with van der Waals surface area (Å²) in [6, 6.07) is 21.3. The van der Waals surface area contributed by atoms with E-state index in [4.69, 9.17) is 21.1 Å². The Balaban J connectivity index is 1.36. The zero-order valence-corrected chi connectivity index (χ0v) is 19.4. The molecule has 3 aromatic rings. The minimum Gasteiger partial charge on any atom is -0.456 e. The monoisotopic (exact) mass is 480 g/mol. The van der Waals surface area contributed by atoms with Gasteiger partial charge in [0.05, 0.1) is 11.4 Å². The molecule has 7 nitrogen and oxygen atoms in total. The van der Waals surface area contributed by atoms with E-state index in [1.54, 1.807) is 48.5 Å². The third-order valence-electron chi connectivity index (χ3n) is 4.77. The number of amides is 2. The lowest BCUT2D eigenvalue weighted by Crippen LogP contribution is -2.21. The van der Waals surface area contributed by atoms with Crippen molar-refractivity contribution >= 4 is 40.8 Å². The Morgan fingerprint density at radius 1 is 0.794 bits per heavy atom. The molecule has 0 aromatic heterocycles. The lowest BCUT2D eigenvalue weighted by molar-refractivity contribution is -0.147. The van der Waals surface area contributed by atoms with E-state index in [2.05, 4.69) is 10.6 Å². The van der Waals surface area contributed by atoms with Crippen LogP contribution in [0.1, 0.15) is 25.3 Å². The number of carbonyl (C=O) groups excluding carboxylic acids is 3. The minimum absolute atomic E-state index is 0.0726. The van der Waals surface area contributed by atoms with Crippen LogP contribution in [0.25, 0.3) is 0 Å². The summed E-state index contributed by atoms with van der Waals surface area (Å²) >= 11 is 6.08. The first kappa shape index (κ1) is 24.8. The number of aryl methyl sites for hydroxylation is 1. The van der Waals surface area contributed by atoms with Crippen LogP contribution in [-0.4, -0.2) is 24.4 Å². The third-order valence-corrected chi connectivity index (χ3v) is 5.08. The Bertz CT molecular complexity index is 1130. The van der Waals surface area contributed by atoms with E-state index in [0.717, 1.165) is 12.0 Å². The molecule has 2 N–H and O–H groups in total. The molecule has 0 atom stereocenters. The predicted octanol–water partition coefficient (Wildman–Crippen LogP) is 5.60. The average Bonchev–Trinajstić information content (AvgIpc) is 2.84. The quantitative estimate of drug-likeness (QED) is 0.368. The van der Waals surface area contributed by atoms with Gasteiger partial charge in [0.2, 0.25) is 5.91 Å². The van der Waals surface area contributed by atoms with Crippen LogP contribution in [0.3, 0.4) is 0 Å². The Hall–Kier alpha value is -3.84. The molecular weight excluding hydrogens is 456 g/mol. The Labute approximate surface area is 203 Å². The van der Waals surface area contributed by atoms with Crippen LogP contribution in [-0.2, 0) is 25.5 Å². The number of anilines is 2. The van der Waals surface area contributed by atoms with Crippen LogP contribution < -0.4 is 15.4 Å². The van der Waals surface area contributed by atoms with Crippen molar-refractivity contribution in [2.24, 2.45) is 0 Å². The molecule has 2 amide bonds. The number of carbonyl (C=O) groups is 3. The van der Waals surface area contributed by atoms with Crippen molar-refractivity contribution in [2.75, 3.05) is 17.2 Å². The fraction of sp³-hybridized carbons (Fsp3) is 0.192. The topological polar surface area (TPSA) is 93.7 Å². The van der Waals surface area contributed by atoms with Gasteiger partial charge < -0.3 is 20.1 Å². The molecule has 0 aliphatic rings. The van der Waals surface area contributed by atoms with Gasteiger partial charge in [-0.05, 0) is 60.5 Å². The molecule has 0 radical (unpaired) electrons. The minimum atomic E-state index is -0.630. The number of ether oxygens (including phenoxy) is 2. The van der Waals surface area contributed by atoms with Crippen molar-refractivity contribution in [3.63, 3.8) is 0 Å². The zero-order chi connectivity index (χ0) is 24.3. The Kier molecular flexibility index (Phi) is 9.05. The van der Waals surface area contributed by atoms with Gasteiger partial charge in [-0.1, -0.05) is 42.8 Å². The molecule has 0 fully saturated rings. The van der Waals surface area contributed by atoms with Crippen LogP contribution in [0, 0.1) is 0 Å². The molecule has 34 heavy (non-hydrogen) atoms. The van der Waals surface area contributed by atoms with Crippen molar-refractivity contribution < 1.29 is 23.9 Å². The van der Waals surface area contributed by atoms with E-state index in [1.807, 2.05) is 31.2 Å². The average molecular weight is 481 g/mol. The molecule has 0 aliphatic carbocycles. The maximum absolute atomic E-state index is 12.1. The van der Waals surface area contributed by atoms with Gasteiger partial charge in [-0.15, -0.1) is 0 Å². The molecular formula is C26H25ClN2O5. The number of rotatable bonds is 10. The van der Waals surface area contributed by atoms with Gasteiger partial charge in [-0.2, -0.15) is 0 Å². The normalized spacial score (nSPS) is 10.3. The highest BCUT2D eigenvalue weighted by atomic mass is 35.5. The molecule has 0 saturated heterocycles. The summed E-state index contributed by atoms with van der Waals surface area (Å²) in [7, 11) is 0. The largest absolute Gasteiger partial charge is 0.456 e. The molecule has 0 bridgehead atoms. The van der Waals surface area contributed by atoms with Crippen molar-refractivity contribution in [1.29, 1.82) is 0 Å². The van der Waals surface area contributed by atoms with Crippen LogP contribution >= 0.6 is 11.6 Å². The van der Waals surface area contributed by atoms with Crippen molar-refractivity contribution in [3.05, 3.63) is 83.4 Å². The summed E-state index contributed by atoms with van der Waals surface area (Å²) in [5.41, 5.74) is 2.34. The first-order valence-corrected chi connectivity index (χ1v) is 11.2. The number of benzene rings is 3. The van der Waals surface area contributed by atoms with E-state index in [0.29, 0.717) is 27.9 Å². The highest BCUT2D eigenvalue weighted by Crippen LogP contribution is 2.29. The van der Waals surface area contributed by atoms with Crippen LogP contribution in [0.15, 0.2) is 72.8 Å². The summed E-state index contributed by atoms with van der Waals surface area (Å²) in [6.07, 6.45) is 0.692. The van der Waals surface area contributed by atoms with Crippen molar-refractivity contribution in [3.8, 4) is 11.5 Å². The summed E-state index contributed by atoms with van der Waals surface area (Å²) in [4.78, 5) is 35.9. The van der Waals surface area contributed by atoms with Gasteiger partial charge in [0.1, 0.15) is 11.5 Å². The molecule has 0 saturated carbocycles. The molecule has 0 spiro atoms. The van der Waals surface area contributed by atoms with Crippen LogP contribution in [0.4, 0.5) is 11.4 Å². The molecule has 0 heterocycles. The van der Waals surface area contributed by atoms with Crippen molar-refractivity contribution in [2.45, 2.75) is 26.2 Å². The highest BCUT2D eigenvalue weighted by molar-refractivity contribution is 6.32. The molecule has 3 rings (SSSR count). The predicted molar refractivity (Wildman–Crippen MR) is 131 cm³/mol. The molecule has 3 aromatic carbocycles. The third kappa shape index (κ3) is 7.94. The van der Waals surface area contributed by atoms with Crippen molar-refractivity contribution in [1.82, 2.24) is 0 Å². The van der Waals surface area contributed by atoms with E-state index in [1.165, 1.54) is 0 Å². The fourth-order valence-electron chi connectivity index (χ4n) is 2.94.